The fourth-order valence-electron chi connectivity index (χ4n) is 7.13. The Morgan fingerprint density at radius 1 is 0.327 bits per heavy atom. The molecule has 0 bridgehead atoms. The van der Waals surface area contributed by atoms with E-state index in [2.05, 4.69) is 133 Å². The summed E-state index contributed by atoms with van der Waals surface area (Å²) in [6.45, 7) is 0. The Morgan fingerprint density at radius 3 is 1.71 bits per heavy atom. The normalized spacial score (nSPS) is 11.7. The molecule has 0 aliphatic carbocycles. The van der Waals surface area contributed by atoms with E-state index in [1.54, 1.807) is 0 Å². The summed E-state index contributed by atoms with van der Waals surface area (Å²) in [4.78, 5) is 15.6. The molecule has 0 amide bonds. The second-order valence-corrected chi connectivity index (χ2v) is 12.4. The highest BCUT2D eigenvalue weighted by atomic mass is 16.3. The van der Waals surface area contributed by atoms with Crippen LogP contribution in [0.1, 0.15) is 0 Å². The summed E-state index contributed by atoms with van der Waals surface area (Å²) >= 11 is 0. The van der Waals surface area contributed by atoms with E-state index in [4.69, 9.17) is 19.4 Å². The van der Waals surface area contributed by atoms with Crippen molar-refractivity contribution in [2.45, 2.75) is 0 Å². The standard InChI is InChI=1S/C45H27N3O/c1-2-10-28(11-3-1)32-24-22-30-20-21-31-23-25-33(27-39(31)38(30)26-32)43-46-44(35-16-8-13-29-12-4-5-14-34(29)35)48-45(47-43)37-17-9-19-41-42(37)36-15-6-7-18-40(36)49-41/h1-27H. The predicted molar refractivity (Wildman–Crippen MR) is 201 cm³/mol. The number of aromatic nitrogens is 3. The molecule has 10 rings (SSSR count). The van der Waals surface area contributed by atoms with Crippen LogP contribution in [0.5, 0.6) is 0 Å². The van der Waals surface area contributed by atoms with E-state index in [1.165, 1.54) is 27.3 Å². The smallest absolute Gasteiger partial charge is 0.164 e. The van der Waals surface area contributed by atoms with Gasteiger partial charge in [0.15, 0.2) is 17.5 Å². The van der Waals surface area contributed by atoms with Crippen LogP contribution in [0.25, 0.3) is 99.5 Å². The Balaban J connectivity index is 1.23. The van der Waals surface area contributed by atoms with Crippen molar-refractivity contribution in [1.29, 1.82) is 0 Å². The highest BCUT2D eigenvalue weighted by molar-refractivity contribution is 6.12. The molecular weight excluding hydrogens is 599 g/mol. The molecule has 0 saturated carbocycles. The van der Waals surface area contributed by atoms with Crippen LogP contribution in [-0.4, -0.2) is 15.0 Å². The first-order chi connectivity index (χ1) is 24.3. The lowest BCUT2D eigenvalue weighted by molar-refractivity contribution is 0.669. The van der Waals surface area contributed by atoms with Crippen molar-refractivity contribution in [2.24, 2.45) is 0 Å². The SMILES string of the molecule is c1ccc(-c2ccc3ccc4ccc(-c5nc(-c6cccc7ccccc67)nc(-c6cccc7oc8ccccc8c67)n5)cc4c3c2)cc1. The number of benzene rings is 8. The minimum absolute atomic E-state index is 0.606. The number of furan rings is 1. The third-order valence-corrected chi connectivity index (χ3v) is 9.51. The van der Waals surface area contributed by atoms with Gasteiger partial charge in [0.2, 0.25) is 0 Å². The Labute approximate surface area is 282 Å². The Kier molecular flexibility index (Phi) is 6.15. The fraction of sp³-hybridized carbons (Fsp3) is 0. The molecule has 0 fully saturated rings. The van der Waals surface area contributed by atoms with E-state index in [1.807, 2.05) is 30.3 Å². The van der Waals surface area contributed by atoms with Crippen molar-refractivity contribution >= 4 is 54.3 Å². The molecule has 228 valence electrons. The number of nitrogens with zero attached hydrogens (tertiary/aromatic N) is 3. The zero-order valence-corrected chi connectivity index (χ0v) is 26.3. The van der Waals surface area contributed by atoms with Gasteiger partial charge in [-0.1, -0.05) is 140 Å². The largest absolute Gasteiger partial charge is 0.456 e. The topological polar surface area (TPSA) is 51.8 Å². The third kappa shape index (κ3) is 4.57. The Hall–Kier alpha value is -6.65. The van der Waals surface area contributed by atoms with Crippen molar-refractivity contribution in [2.75, 3.05) is 0 Å². The highest BCUT2D eigenvalue weighted by Crippen LogP contribution is 2.38. The quantitative estimate of drug-likeness (QED) is 0.183. The van der Waals surface area contributed by atoms with Gasteiger partial charge in [-0.25, -0.2) is 15.0 Å². The third-order valence-electron chi connectivity index (χ3n) is 9.51. The van der Waals surface area contributed by atoms with Gasteiger partial charge in [-0.05, 0) is 67.7 Å². The van der Waals surface area contributed by atoms with E-state index >= 15 is 0 Å². The predicted octanol–water partition coefficient (Wildman–Crippen LogP) is 11.9. The Bertz CT molecular complexity index is 2890. The summed E-state index contributed by atoms with van der Waals surface area (Å²) in [7, 11) is 0. The number of rotatable bonds is 4. The van der Waals surface area contributed by atoms with Crippen molar-refractivity contribution < 1.29 is 4.42 Å². The lowest BCUT2D eigenvalue weighted by atomic mass is 9.96. The molecule has 0 saturated heterocycles. The van der Waals surface area contributed by atoms with Crippen molar-refractivity contribution in [3.63, 3.8) is 0 Å². The van der Waals surface area contributed by atoms with Gasteiger partial charge in [0.05, 0.1) is 0 Å². The summed E-state index contributed by atoms with van der Waals surface area (Å²) in [5.41, 5.74) is 6.83. The molecule has 4 heteroatoms. The highest BCUT2D eigenvalue weighted by Gasteiger charge is 2.19. The first-order valence-corrected chi connectivity index (χ1v) is 16.4. The molecule has 0 aliphatic rings. The second-order valence-electron chi connectivity index (χ2n) is 12.4. The maximum atomic E-state index is 6.26. The van der Waals surface area contributed by atoms with Crippen molar-refractivity contribution in [1.82, 2.24) is 15.0 Å². The van der Waals surface area contributed by atoms with Crippen LogP contribution in [0, 0.1) is 0 Å². The lowest BCUT2D eigenvalue weighted by Crippen LogP contribution is -2.01. The molecule has 8 aromatic carbocycles. The van der Waals surface area contributed by atoms with E-state index < -0.39 is 0 Å². The number of hydrogen-bond donors (Lipinski definition) is 0. The van der Waals surface area contributed by atoms with Gasteiger partial charge in [-0.3, -0.25) is 0 Å². The molecule has 10 aromatic rings. The van der Waals surface area contributed by atoms with Gasteiger partial charge in [0.1, 0.15) is 11.2 Å². The van der Waals surface area contributed by atoms with E-state index in [-0.39, 0.29) is 0 Å². The summed E-state index contributed by atoms with van der Waals surface area (Å²) < 4.78 is 6.26. The summed E-state index contributed by atoms with van der Waals surface area (Å²) in [5, 5.41) is 8.97. The van der Waals surface area contributed by atoms with Crippen molar-refractivity contribution in [3.05, 3.63) is 164 Å². The lowest BCUT2D eigenvalue weighted by Gasteiger charge is -2.12. The van der Waals surface area contributed by atoms with Crippen molar-refractivity contribution in [3.8, 4) is 45.3 Å². The molecule has 0 radical (unpaired) electrons. The van der Waals surface area contributed by atoms with E-state index in [0.29, 0.717) is 17.5 Å². The maximum absolute atomic E-state index is 6.26. The summed E-state index contributed by atoms with van der Waals surface area (Å²) in [6.07, 6.45) is 0. The number of fused-ring (bicyclic) bond motifs is 7. The minimum atomic E-state index is 0.606. The molecule has 0 N–H and O–H groups in total. The number of hydrogen-bond acceptors (Lipinski definition) is 4. The van der Waals surface area contributed by atoms with Gasteiger partial charge >= 0.3 is 0 Å². The molecule has 0 aliphatic heterocycles. The Morgan fingerprint density at radius 2 is 0.878 bits per heavy atom. The zero-order chi connectivity index (χ0) is 32.3. The first kappa shape index (κ1) is 27.5. The average Bonchev–Trinajstić information content (AvgIpc) is 3.56. The van der Waals surface area contributed by atoms with Crippen LogP contribution in [-0.2, 0) is 0 Å². The van der Waals surface area contributed by atoms with Gasteiger partial charge in [-0.15, -0.1) is 0 Å². The summed E-state index contributed by atoms with van der Waals surface area (Å²) in [6, 6.07) is 57.0. The van der Waals surface area contributed by atoms with Gasteiger partial charge in [-0.2, -0.15) is 0 Å². The molecule has 0 atom stereocenters. The molecule has 0 unspecified atom stereocenters. The summed E-state index contributed by atoms with van der Waals surface area (Å²) in [5.74, 6) is 1.86. The average molecular weight is 626 g/mol. The van der Waals surface area contributed by atoms with E-state index in [9.17, 15) is 0 Å². The second kappa shape index (κ2) is 11.0. The molecule has 4 nitrogen and oxygen atoms in total. The van der Waals surface area contributed by atoms with Gasteiger partial charge in [0.25, 0.3) is 0 Å². The number of para-hydroxylation sites is 1. The molecule has 49 heavy (non-hydrogen) atoms. The first-order valence-electron chi connectivity index (χ1n) is 16.4. The zero-order valence-electron chi connectivity index (χ0n) is 26.3. The van der Waals surface area contributed by atoms with Crippen LogP contribution in [0.2, 0.25) is 0 Å². The molecule has 0 spiro atoms. The van der Waals surface area contributed by atoms with Gasteiger partial charge in [0, 0.05) is 27.5 Å². The molecule has 2 heterocycles. The minimum Gasteiger partial charge on any atom is -0.456 e. The van der Waals surface area contributed by atoms with E-state index in [0.717, 1.165) is 54.8 Å². The van der Waals surface area contributed by atoms with Crippen LogP contribution < -0.4 is 0 Å². The molecule has 2 aromatic heterocycles. The molecular formula is C45H27N3O. The van der Waals surface area contributed by atoms with Crippen LogP contribution >= 0.6 is 0 Å². The van der Waals surface area contributed by atoms with Crippen LogP contribution in [0.3, 0.4) is 0 Å². The van der Waals surface area contributed by atoms with Crippen LogP contribution in [0.15, 0.2) is 168 Å². The monoisotopic (exact) mass is 625 g/mol. The van der Waals surface area contributed by atoms with Crippen LogP contribution in [0.4, 0.5) is 0 Å². The maximum Gasteiger partial charge on any atom is 0.164 e. The fourth-order valence-corrected chi connectivity index (χ4v) is 7.13. The van der Waals surface area contributed by atoms with Gasteiger partial charge < -0.3 is 4.42 Å².